The van der Waals surface area contributed by atoms with Gasteiger partial charge in [-0.15, -0.1) is 24.0 Å². The highest BCUT2D eigenvalue weighted by molar-refractivity contribution is 14.0. The van der Waals surface area contributed by atoms with Crippen molar-refractivity contribution in [3.63, 3.8) is 0 Å². The van der Waals surface area contributed by atoms with Gasteiger partial charge in [0.2, 0.25) is 5.89 Å². The van der Waals surface area contributed by atoms with Crippen LogP contribution in [0.5, 0.6) is 5.75 Å². The maximum absolute atomic E-state index is 5.99. The molecule has 0 bridgehead atoms. The van der Waals surface area contributed by atoms with E-state index in [4.69, 9.17) is 9.26 Å². The molecule has 0 aliphatic carbocycles. The van der Waals surface area contributed by atoms with Crippen LogP contribution in [0.25, 0.3) is 0 Å². The summed E-state index contributed by atoms with van der Waals surface area (Å²) in [7, 11) is 1.73. The average molecular weight is 487 g/mol. The molecule has 1 heterocycles. The predicted molar refractivity (Wildman–Crippen MR) is 118 cm³/mol. The van der Waals surface area contributed by atoms with E-state index in [1.807, 2.05) is 0 Å². The number of hydrogen-bond acceptors (Lipinski definition) is 5. The molecule has 27 heavy (non-hydrogen) atoms. The number of rotatable bonds is 8. The Bertz CT molecular complexity index is 731. The topological polar surface area (TPSA) is 84.6 Å². The largest absolute Gasteiger partial charge is 0.493 e. The molecular weight excluding hydrogens is 457 g/mol. The van der Waals surface area contributed by atoms with Gasteiger partial charge >= 0.3 is 0 Å². The zero-order valence-corrected chi connectivity index (χ0v) is 19.0. The van der Waals surface area contributed by atoms with Crippen LogP contribution in [-0.4, -0.2) is 29.8 Å². The van der Waals surface area contributed by atoms with Gasteiger partial charge in [0, 0.05) is 19.2 Å². The second-order valence-corrected chi connectivity index (χ2v) is 6.66. The summed E-state index contributed by atoms with van der Waals surface area (Å²) in [4.78, 5) is 8.39. The Kier molecular flexibility index (Phi) is 10.1. The molecule has 0 saturated carbocycles. The molecule has 1 aromatic heterocycles. The summed E-state index contributed by atoms with van der Waals surface area (Å²) in [5.74, 6) is 3.35. The van der Waals surface area contributed by atoms with E-state index in [0.717, 1.165) is 24.3 Å². The Labute approximate surface area is 178 Å². The van der Waals surface area contributed by atoms with Gasteiger partial charge in [0.25, 0.3) is 0 Å². The number of benzene rings is 1. The Morgan fingerprint density at radius 1 is 1.22 bits per heavy atom. The van der Waals surface area contributed by atoms with Crippen molar-refractivity contribution in [2.24, 2.45) is 10.9 Å². The summed E-state index contributed by atoms with van der Waals surface area (Å²) in [5.41, 5.74) is 2.28. The second kappa shape index (κ2) is 11.8. The Morgan fingerprint density at radius 2 is 1.96 bits per heavy atom. The van der Waals surface area contributed by atoms with Gasteiger partial charge in [-0.25, -0.2) is 0 Å². The first-order valence-electron chi connectivity index (χ1n) is 8.94. The maximum atomic E-state index is 5.99. The molecule has 8 heteroatoms. The summed E-state index contributed by atoms with van der Waals surface area (Å²) in [6.45, 7) is 10.0. The Morgan fingerprint density at radius 3 is 2.59 bits per heavy atom. The summed E-state index contributed by atoms with van der Waals surface area (Å²) in [6.07, 6.45) is 1.04. The van der Waals surface area contributed by atoms with Gasteiger partial charge in [-0.05, 0) is 37.8 Å². The molecule has 0 spiro atoms. The minimum absolute atomic E-state index is 0. The quantitative estimate of drug-likeness (QED) is 0.337. The minimum atomic E-state index is 0. The van der Waals surface area contributed by atoms with Gasteiger partial charge in [0.05, 0.1) is 13.2 Å². The lowest BCUT2D eigenvalue weighted by atomic mass is 10.1. The van der Waals surface area contributed by atoms with Crippen molar-refractivity contribution < 1.29 is 9.26 Å². The van der Waals surface area contributed by atoms with Crippen molar-refractivity contribution in [2.45, 2.75) is 47.2 Å². The van der Waals surface area contributed by atoms with Crippen molar-refractivity contribution in [3.05, 3.63) is 41.0 Å². The summed E-state index contributed by atoms with van der Waals surface area (Å²) in [6, 6.07) is 6.25. The van der Waals surface area contributed by atoms with Crippen LogP contribution in [0.15, 0.2) is 27.7 Å². The second-order valence-electron chi connectivity index (χ2n) is 6.66. The molecule has 2 aromatic rings. The zero-order valence-electron chi connectivity index (χ0n) is 16.7. The van der Waals surface area contributed by atoms with Crippen LogP contribution in [0.3, 0.4) is 0 Å². The van der Waals surface area contributed by atoms with Gasteiger partial charge in [0.15, 0.2) is 11.8 Å². The Balaban J connectivity index is 0.00000364. The van der Waals surface area contributed by atoms with E-state index < -0.39 is 0 Å². The van der Waals surface area contributed by atoms with E-state index in [2.05, 4.69) is 64.7 Å². The van der Waals surface area contributed by atoms with Crippen LogP contribution < -0.4 is 15.4 Å². The van der Waals surface area contributed by atoms with Gasteiger partial charge in [-0.1, -0.05) is 31.1 Å². The molecule has 0 aliphatic rings. The molecule has 0 saturated heterocycles. The molecule has 0 radical (unpaired) electrons. The summed E-state index contributed by atoms with van der Waals surface area (Å²) in [5, 5.41) is 10.2. The van der Waals surface area contributed by atoms with Crippen molar-refractivity contribution in [3.8, 4) is 5.75 Å². The van der Waals surface area contributed by atoms with Gasteiger partial charge in [-0.2, -0.15) is 4.98 Å². The molecule has 0 atom stereocenters. The predicted octanol–water partition coefficient (Wildman–Crippen LogP) is 3.59. The van der Waals surface area contributed by atoms with Crippen molar-refractivity contribution in [1.82, 2.24) is 20.8 Å². The van der Waals surface area contributed by atoms with Gasteiger partial charge < -0.3 is 19.9 Å². The van der Waals surface area contributed by atoms with Gasteiger partial charge in [-0.3, -0.25) is 4.99 Å². The molecular formula is C19H30IN5O2. The minimum Gasteiger partial charge on any atom is -0.493 e. The lowest BCUT2D eigenvalue weighted by Crippen LogP contribution is -2.36. The molecule has 0 unspecified atom stereocenters. The number of nitrogens with one attached hydrogen (secondary N) is 2. The number of aryl methyl sites for hydroxylation is 2. The first kappa shape index (κ1) is 23.2. The number of aliphatic imine (C=N–C) groups is 1. The van der Waals surface area contributed by atoms with E-state index >= 15 is 0 Å². The normalized spacial score (nSPS) is 11.3. The lowest BCUT2D eigenvalue weighted by molar-refractivity contribution is 0.286. The highest BCUT2D eigenvalue weighted by Gasteiger charge is 2.08. The van der Waals surface area contributed by atoms with Crippen molar-refractivity contribution in [2.75, 3.05) is 13.7 Å². The number of guanidine groups is 1. The van der Waals surface area contributed by atoms with E-state index in [-0.39, 0.29) is 24.0 Å². The average Bonchev–Trinajstić information content (AvgIpc) is 3.01. The molecule has 7 nitrogen and oxygen atoms in total. The van der Waals surface area contributed by atoms with Crippen LogP contribution in [0.4, 0.5) is 0 Å². The van der Waals surface area contributed by atoms with Gasteiger partial charge in [0.1, 0.15) is 5.75 Å². The van der Waals surface area contributed by atoms with Crippen LogP contribution in [0.1, 0.15) is 43.1 Å². The number of hydrogen-bond donors (Lipinski definition) is 2. The van der Waals surface area contributed by atoms with E-state index in [1.54, 1.807) is 14.0 Å². The third kappa shape index (κ3) is 8.15. The zero-order chi connectivity index (χ0) is 18.9. The fourth-order valence-electron chi connectivity index (χ4n) is 2.32. The fourth-order valence-corrected chi connectivity index (χ4v) is 2.32. The fraction of sp³-hybridized carbons (Fsp3) is 0.526. The van der Waals surface area contributed by atoms with Crippen LogP contribution in [-0.2, 0) is 13.1 Å². The number of halogens is 1. The van der Waals surface area contributed by atoms with Crippen molar-refractivity contribution >= 4 is 29.9 Å². The molecule has 2 rings (SSSR count). The molecule has 0 amide bonds. The van der Waals surface area contributed by atoms with Crippen LogP contribution >= 0.6 is 24.0 Å². The van der Waals surface area contributed by atoms with E-state index in [1.165, 1.54) is 5.56 Å². The first-order chi connectivity index (χ1) is 12.5. The third-order valence-electron chi connectivity index (χ3n) is 3.82. The first-order valence-corrected chi connectivity index (χ1v) is 8.94. The number of nitrogens with zero attached hydrogens (tertiary/aromatic N) is 3. The van der Waals surface area contributed by atoms with Crippen LogP contribution in [0, 0.1) is 19.8 Å². The maximum Gasteiger partial charge on any atom is 0.246 e. The molecule has 2 N–H and O–H groups in total. The smallest absolute Gasteiger partial charge is 0.246 e. The number of aromatic nitrogens is 2. The third-order valence-corrected chi connectivity index (χ3v) is 3.82. The highest BCUT2D eigenvalue weighted by atomic mass is 127. The van der Waals surface area contributed by atoms with E-state index in [0.29, 0.717) is 36.7 Å². The molecule has 0 fully saturated rings. The highest BCUT2D eigenvalue weighted by Crippen LogP contribution is 2.21. The van der Waals surface area contributed by atoms with E-state index in [9.17, 15) is 0 Å². The molecule has 150 valence electrons. The monoisotopic (exact) mass is 487 g/mol. The molecule has 0 aliphatic heterocycles. The number of ether oxygens (including phenoxy) is 1. The lowest BCUT2D eigenvalue weighted by Gasteiger charge is -2.15. The summed E-state index contributed by atoms with van der Waals surface area (Å²) >= 11 is 0. The van der Waals surface area contributed by atoms with Crippen LogP contribution in [0.2, 0.25) is 0 Å². The molecule has 1 aromatic carbocycles. The standard InChI is InChI=1S/C19H29N5O2.HI/c1-13(2)8-9-25-17-10-14(3)6-7-16(17)11-21-19(20-5)22-12-18-23-15(4)24-26-18;/h6-7,10,13H,8-9,11-12H2,1-5H3,(H2,20,21,22);1H. The SMILES string of the molecule is CN=C(NCc1nc(C)no1)NCc1ccc(C)cc1OCCC(C)C.I. The van der Waals surface area contributed by atoms with Crippen molar-refractivity contribution in [1.29, 1.82) is 0 Å². The summed E-state index contributed by atoms with van der Waals surface area (Å²) < 4.78 is 11.1. The Hall–Kier alpha value is -1.84.